The third kappa shape index (κ3) is 2.64. The number of aryl methyl sites for hydroxylation is 1. The van der Waals surface area contributed by atoms with Crippen molar-refractivity contribution in [2.75, 3.05) is 26.2 Å². The van der Waals surface area contributed by atoms with Crippen molar-refractivity contribution in [1.82, 2.24) is 19.8 Å². The van der Waals surface area contributed by atoms with Gasteiger partial charge in [0.15, 0.2) is 0 Å². The molecule has 2 atom stereocenters. The van der Waals surface area contributed by atoms with Crippen LogP contribution in [0.3, 0.4) is 0 Å². The van der Waals surface area contributed by atoms with Gasteiger partial charge in [-0.1, -0.05) is 0 Å². The van der Waals surface area contributed by atoms with Gasteiger partial charge >= 0.3 is 0 Å². The molecular formula is C12H21ClN4. The maximum Gasteiger partial charge on any atom is 0.122 e. The van der Waals surface area contributed by atoms with E-state index in [0.29, 0.717) is 0 Å². The minimum atomic E-state index is 0. The van der Waals surface area contributed by atoms with Gasteiger partial charge in [0.2, 0.25) is 0 Å². The van der Waals surface area contributed by atoms with Gasteiger partial charge in [0, 0.05) is 26.0 Å². The summed E-state index contributed by atoms with van der Waals surface area (Å²) in [5, 5.41) is 3.51. The van der Waals surface area contributed by atoms with Crippen molar-refractivity contribution in [2.24, 2.45) is 18.9 Å². The Balaban J connectivity index is 0.00000108. The Hall–Kier alpha value is -0.580. The molecular weight excluding hydrogens is 236 g/mol. The van der Waals surface area contributed by atoms with Gasteiger partial charge in [0.05, 0.1) is 6.54 Å². The summed E-state index contributed by atoms with van der Waals surface area (Å²) in [5.74, 6) is 2.98. The SMILES string of the molecule is Cl.Cn1ccnc1CN1CCC2CNCC2C1. The second-order valence-corrected chi connectivity index (χ2v) is 5.16. The first-order valence-corrected chi connectivity index (χ1v) is 6.22. The van der Waals surface area contributed by atoms with Crippen LogP contribution in [-0.2, 0) is 13.6 Å². The minimum absolute atomic E-state index is 0. The van der Waals surface area contributed by atoms with Crippen LogP contribution in [0.4, 0.5) is 0 Å². The van der Waals surface area contributed by atoms with E-state index in [1.807, 2.05) is 12.4 Å². The number of hydrogen-bond acceptors (Lipinski definition) is 3. The van der Waals surface area contributed by atoms with E-state index < -0.39 is 0 Å². The van der Waals surface area contributed by atoms with Gasteiger partial charge in [-0.2, -0.15) is 0 Å². The number of fused-ring (bicyclic) bond motifs is 1. The maximum atomic E-state index is 4.40. The fourth-order valence-electron chi connectivity index (χ4n) is 3.00. The predicted octanol–water partition coefficient (Wildman–Crippen LogP) is 0.883. The Morgan fingerprint density at radius 3 is 3.00 bits per heavy atom. The highest BCUT2D eigenvalue weighted by molar-refractivity contribution is 5.85. The van der Waals surface area contributed by atoms with Crippen molar-refractivity contribution >= 4 is 12.4 Å². The fourth-order valence-corrected chi connectivity index (χ4v) is 3.00. The summed E-state index contributed by atoms with van der Waals surface area (Å²) in [7, 11) is 2.08. The number of rotatable bonds is 2. The summed E-state index contributed by atoms with van der Waals surface area (Å²) in [5.41, 5.74) is 0. The molecule has 96 valence electrons. The predicted molar refractivity (Wildman–Crippen MR) is 70.2 cm³/mol. The van der Waals surface area contributed by atoms with E-state index in [9.17, 15) is 0 Å². The summed E-state index contributed by atoms with van der Waals surface area (Å²) < 4.78 is 2.12. The third-order valence-corrected chi connectivity index (χ3v) is 4.07. The zero-order valence-corrected chi connectivity index (χ0v) is 11.1. The fraction of sp³-hybridized carbons (Fsp3) is 0.750. The Kier molecular flexibility index (Phi) is 4.07. The van der Waals surface area contributed by atoms with Crippen LogP contribution in [0.25, 0.3) is 0 Å². The zero-order chi connectivity index (χ0) is 11.0. The first-order valence-electron chi connectivity index (χ1n) is 6.22. The van der Waals surface area contributed by atoms with Crippen LogP contribution in [0, 0.1) is 11.8 Å². The molecule has 2 fully saturated rings. The summed E-state index contributed by atoms with van der Waals surface area (Å²) in [6, 6.07) is 0. The van der Waals surface area contributed by atoms with Crippen LogP contribution in [-0.4, -0.2) is 40.6 Å². The number of nitrogens with one attached hydrogen (secondary N) is 1. The molecule has 2 aliphatic heterocycles. The van der Waals surface area contributed by atoms with E-state index in [4.69, 9.17) is 0 Å². The van der Waals surface area contributed by atoms with E-state index in [2.05, 4.69) is 26.8 Å². The molecule has 1 N–H and O–H groups in total. The van der Waals surface area contributed by atoms with Crippen LogP contribution in [0.5, 0.6) is 0 Å². The highest BCUT2D eigenvalue weighted by atomic mass is 35.5. The molecule has 1 aromatic heterocycles. The quantitative estimate of drug-likeness (QED) is 0.853. The van der Waals surface area contributed by atoms with Crippen molar-refractivity contribution < 1.29 is 0 Å². The zero-order valence-electron chi connectivity index (χ0n) is 10.3. The van der Waals surface area contributed by atoms with Crippen molar-refractivity contribution in [2.45, 2.75) is 13.0 Å². The number of imidazole rings is 1. The number of likely N-dealkylation sites (tertiary alicyclic amines) is 1. The Morgan fingerprint density at radius 1 is 1.41 bits per heavy atom. The number of piperidine rings is 1. The van der Waals surface area contributed by atoms with Crippen LogP contribution in [0.2, 0.25) is 0 Å². The lowest BCUT2D eigenvalue weighted by Gasteiger charge is -2.34. The smallest absolute Gasteiger partial charge is 0.122 e. The van der Waals surface area contributed by atoms with Crippen molar-refractivity contribution in [3.05, 3.63) is 18.2 Å². The highest BCUT2D eigenvalue weighted by Gasteiger charge is 2.32. The lowest BCUT2D eigenvalue weighted by atomic mass is 9.89. The molecule has 2 aliphatic rings. The van der Waals surface area contributed by atoms with Crippen molar-refractivity contribution in [3.8, 4) is 0 Å². The standard InChI is InChI=1S/C12H20N4.ClH/c1-15-5-3-14-12(15)9-16-4-2-10-6-13-7-11(10)8-16;/h3,5,10-11,13H,2,4,6-9H2,1H3;1H. The molecule has 2 unspecified atom stereocenters. The molecule has 4 nitrogen and oxygen atoms in total. The number of nitrogens with zero attached hydrogens (tertiary/aromatic N) is 3. The molecule has 0 aliphatic carbocycles. The van der Waals surface area contributed by atoms with Gasteiger partial charge < -0.3 is 9.88 Å². The Bertz CT molecular complexity index is 365. The number of halogens is 1. The molecule has 1 aromatic rings. The maximum absolute atomic E-state index is 4.40. The second-order valence-electron chi connectivity index (χ2n) is 5.16. The van der Waals surface area contributed by atoms with E-state index in [1.54, 1.807) is 0 Å². The van der Waals surface area contributed by atoms with Gasteiger partial charge in [-0.15, -0.1) is 12.4 Å². The summed E-state index contributed by atoms with van der Waals surface area (Å²) >= 11 is 0. The molecule has 0 radical (unpaired) electrons. The molecule has 3 heterocycles. The van der Waals surface area contributed by atoms with Gasteiger partial charge in [-0.25, -0.2) is 4.98 Å². The molecule has 5 heteroatoms. The lowest BCUT2D eigenvalue weighted by Crippen LogP contribution is -2.39. The Morgan fingerprint density at radius 2 is 2.24 bits per heavy atom. The summed E-state index contributed by atoms with van der Waals surface area (Å²) in [6.07, 6.45) is 5.26. The van der Waals surface area contributed by atoms with Crippen molar-refractivity contribution in [1.29, 1.82) is 0 Å². The largest absolute Gasteiger partial charge is 0.337 e. The van der Waals surface area contributed by atoms with Crippen LogP contribution < -0.4 is 5.32 Å². The number of hydrogen-bond donors (Lipinski definition) is 1. The van der Waals surface area contributed by atoms with E-state index in [-0.39, 0.29) is 12.4 Å². The highest BCUT2D eigenvalue weighted by Crippen LogP contribution is 2.26. The topological polar surface area (TPSA) is 33.1 Å². The first kappa shape index (κ1) is 12.9. The van der Waals surface area contributed by atoms with Crippen molar-refractivity contribution in [3.63, 3.8) is 0 Å². The average molecular weight is 257 g/mol. The lowest BCUT2D eigenvalue weighted by molar-refractivity contribution is 0.138. The van der Waals surface area contributed by atoms with Crippen LogP contribution in [0.1, 0.15) is 12.2 Å². The Labute approximate surface area is 109 Å². The molecule has 0 saturated carbocycles. The molecule has 0 aromatic carbocycles. The molecule has 0 bridgehead atoms. The second kappa shape index (κ2) is 5.38. The third-order valence-electron chi connectivity index (χ3n) is 4.07. The minimum Gasteiger partial charge on any atom is -0.337 e. The van der Waals surface area contributed by atoms with Gasteiger partial charge in [0.25, 0.3) is 0 Å². The molecule has 3 rings (SSSR count). The van der Waals surface area contributed by atoms with Gasteiger partial charge in [-0.05, 0) is 37.9 Å². The number of aromatic nitrogens is 2. The van der Waals surface area contributed by atoms with Gasteiger partial charge in [0.1, 0.15) is 5.82 Å². The van der Waals surface area contributed by atoms with Crippen LogP contribution in [0.15, 0.2) is 12.4 Å². The summed E-state index contributed by atoms with van der Waals surface area (Å²) in [6.45, 7) is 5.93. The summed E-state index contributed by atoms with van der Waals surface area (Å²) in [4.78, 5) is 6.95. The first-order chi connectivity index (χ1) is 7.83. The normalized spacial score (nSPS) is 28.8. The van der Waals surface area contributed by atoms with E-state index in [0.717, 1.165) is 18.4 Å². The molecule has 0 amide bonds. The van der Waals surface area contributed by atoms with Crippen LogP contribution >= 0.6 is 12.4 Å². The molecule has 0 spiro atoms. The monoisotopic (exact) mass is 256 g/mol. The average Bonchev–Trinajstić information content (AvgIpc) is 2.88. The molecule has 17 heavy (non-hydrogen) atoms. The van der Waals surface area contributed by atoms with E-state index >= 15 is 0 Å². The molecule has 2 saturated heterocycles. The van der Waals surface area contributed by atoms with Gasteiger partial charge in [-0.3, -0.25) is 4.90 Å². The van der Waals surface area contributed by atoms with E-state index in [1.165, 1.54) is 38.4 Å².